The number of hydrogen-bond donors (Lipinski definition) is 2. The van der Waals surface area contributed by atoms with E-state index in [0.717, 1.165) is 11.1 Å². The van der Waals surface area contributed by atoms with Crippen molar-refractivity contribution < 1.29 is 24.1 Å². The summed E-state index contributed by atoms with van der Waals surface area (Å²) in [6.07, 6.45) is 3.09. The quantitative estimate of drug-likeness (QED) is 0.756. The first-order valence-corrected chi connectivity index (χ1v) is 7.61. The Morgan fingerprint density at radius 1 is 1.04 bits per heavy atom. The highest BCUT2D eigenvalue weighted by atomic mass is 16.5. The van der Waals surface area contributed by atoms with Gasteiger partial charge in [-0.15, -0.1) is 0 Å². The summed E-state index contributed by atoms with van der Waals surface area (Å²) in [4.78, 5) is 12.0. The highest BCUT2D eigenvalue weighted by Gasteiger charge is 2.05. The van der Waals surface area contributed by atoms with E-state index in [1.165, 1.54) is 19.3 Å². The van der Waals surface area contributed by atoms with E-state index in [9.17, 15) is 9.90 Å². The number of phenols is 1. The SMILES string of the molecule is COc1ccc(OC)c(/C=C/C(=O)NCc2ccc(O)c(OC)c2)c1. The average Bonchev–Trinajstić information content (AvgIpc) is 2.65. The van der Waals surface area contributed by atoms with Gasteiger partial charge in [-0.1, -0.05) is 6.07 Å². The molecule has 0 atom stereocenters. The predicted molar refractivity (Wildman–Crippen MR) is 95.1 cm³/mol. The number of hydrogen-bond acceptors (Lipinski definition) is 5. The van der Waals surface area contributed by atoms with Crippen LogP contribution in [0.4, 0.5) is 0 Å². The first-order valence-electron chi connectivity index (χ1n) is 7.61. The van der Waals surface area contributed by atoms with Crippen molar-refractivity contribution in [3.8, 4) is 23.0 Å². The lowest BCUT2D eigenvalue weighted by atomic mass is 10.1. The zero-order chi connectivity index (χ0) is 18.2. The molecule has 2 N–H and O–H groups in total. The summed E-state index contributed by atoms with van der Waals surface area (Å²) in [6, 6.07) is 10.3. The molecule has 0 saturated heterocycles. The highest BCUT2D eigenvalue weighted by Crippen LogP contribution is 2.26. The number of benzene rings is 2. The third-order valence-corrected chi connectivity index (χ3v) is 3.56. The molecule has 0 aromatic heterocycles. The molecular formula is C19H21NO5. The molecular weight excluding hydrogens is 322 g/mol. The number of carbonyl (C=O) groups is 1. The number of aromatic hydroxyl groups is 1. The molecule has 0 bridgehead atoms. The van der Waals surface area contributed by atoms with Gasteiger partial charge in [-0.25, -0.2) is 0 Å². The molecule has 2 rings (SSSR count). The van der Waals surface area contributed by atoms with Crippen LogP contribution in [0.25, 0.3) is 6.08 Å². The standard InChI is InChI=1S/C19H21NO5/c1-23-15-6-8-17(24-2)14(11-15)5-9-19(22)20-12-13-4-7-16(21)18(10-13)25-3/h4-11,21H,12H2,1-3H3,(H,20,22)/b9-5+. The van der Waals surface area contributed by atoms with Crippen LogP contribution >= 0.6 is 0 Å². The van der Waals surface area contributed by atoms with Crippen LogP contribution < -0.4 is 19.5 Å². The van der Waals surface area contributed by atoms with E-state index in [-0.39, 0.29) is 11.7 Å². The molecule has 0 aliphatic rings. The molecule has 6 heteroatoms. The van der Waals surface area contributed by atoms with Crippen molar-refractivity contribution in [3.63, 3.8) is 0 Å². The first kappa shape index (κ1) is 18.2. The van der Waals surface area contributed by atoms with Gasteiger partial charge in [0.05, 0.1) is 21.3 Å². The third-order valence-electron chi connectivity index (χ3n) is 3.56. The van der Waals surface area contributed by atoms with Gasteiger partial charge in [0.15, 0.2) is 11.5 Å². The number of amides is 1. The van der Waals surface area contributed by atoms with E-state index in [1.807, 2.05) is 0 Å². The second-order valence-corrected chi connectivity index (χ2v) is 5.17. The molecule has 2 aromatic carbocycles. The molecule has 25 heavy (non-hydrogen) atoms. The molecule has 0 aliphatic carbocycles. The molecule has 0 saturated carbocycles. The fourth-order valence-electron chi connectivity index (χ4n) is 2.22. The summed E-state index contributed by atoms with van der Waals surface area (Å²) < 4.78 is 15.5. The van der Waals surface area contributed by atoms with E-state index < -0.39 is 0 Å². The van der Waals surface area contributed by atoms with Crippen LogP contribution in [0.5, 0.6) is 23.0 Å². The minimum atomic E-state index is -0.253. The Balaban J connectivity index is 2.01. The summed E-state index contributed by atoms with van der Waals surface area (Å²) in [5, 5.41) is 12.3. The maximum absolute atomic E-state index is 12.0. The minimum absolute atomic E-state index is 0.0580. The molecule has 0 spiro atoms. The van der Waals surface area contributed by atoms with Gasteiger partial charge in [0.2, 0.25) is 5.91 Å². The fraction of sp³-hybridized carbons (Fsp3) is 0.211. The van der Waals surface area contributed by atoms with E-state index in [4.69, 9.17) is 14.2 Å². The predicted octanol–water partition coefficient (Wildman–Crippen LogP) is 2.75. The molecule has 6 nitrogen and oxygen atoms in total. The maximum Gasteiger partial charge on any atom is 0.244 e. The molecule has 0 heterocycles. The van der Waals surface area contributed by atoms with Gasteiger partial charge >= 0.3 is 0 Å². The van der Waals surface area contributed by atoms with Gasteiger partial charge < -0.3 is 24.6 Å². The zero-order valence-corrected chi connectivity index (χ0v) is 14.4. The van der Waals surface area contributed by atoms with Gasteiger partial charge in [-0.3, -0.25) is 4.79 Å². The Morgan fingerprint density at radius 2 is 1.80 bits per heavy atom. The highest BCUT2D eigenvalue weighted by molar-refractivity contribution is 5.92. The summed E-state index contributed by atoms with van der Waals surface area (Å²) in [5.41, 5.74) is 1.55. The van der Waals surface area contributed by atoms with Gasteiger partial charge in [-0.2, -0.15) is 0 Å². The summed E-state index contributed by atoms with van der Waals surface area (Å²) in [5.74, 6) is 1.49. The Bertz CT molecular complexity index is 770. The van der Waals surface area contributed by atoms with Crippen LogP contribution in [-0.2, 0) is 11.3 Å². The normalized spacial score (nSPS) is 10.5. The number of methoxy groups -OCH3 is 3. The molecule has 2 aromatic rings. The number of ether oxygens (including phenoxy) is 3. The van der Waals surface area contributed by atoms with Gasteiger partial charge in [-0.05, 0) is 42.0 Å². The van der Waals surface area contributed by atoms with E-state index in [1.54, 1.807) is 50.6 Å². The molecule has 0 aliphatic heterocycles. The topological polar surface area (TPSA) is 77.0 Å². The van der Waals surface area contributed by atoms with E-state index in [0.29, 0.717) is 23.8 Å². The number of phenolic OH excluding ortho intramolecular Hbond substituents is 1. The van der Waals surface area contributed by atoms with Crippen LogP contribution in [-0.4, -0.2) is 32.3 Å². The Morgan fingerprint density at radius 3 is 2.48 bits per heavy atom. The lowest BCUT2D eigenvalue weighted by Gasteiger charge is -2.08. The number of nitrogens with one attached hydrogen (secondary N) is 1. The van der Waals surface area contributed by atoms with Gasteiger partial charge in [0.25, 0.3) is 0 Å². The number of carbonyl (C=O) groups excluding carboxylic acids is 1. The van der Waals surface area contributed by atoms with Crippen LogP contribution in [0.1, 0.15) is 11.1 Å². The lowest BCUT2D eigenvalue weighted by Crippen LogP contribution is -2.20. The Labute approximate surface area is 146 Å². The zero-order valence-electron chi connectivity index (χ0n) is 14.4. The minimum Gasteiger partial charge on any atom is -0.504 e. The average molecular weight is 343 g/mol. The second kappa shape index (κ2) is 8.63. The van der Waals surface area contributed by atoms with Crippen LogP contribution in [0, 0.1) is 0 Å². The van der Waals surface area contributed by atoms with Crippen LogP contribution in [0.15, 0.2) is 42.5 Å². The van der Waals surface area contributed by atoms with Crippen LogP contribution in [0.2, 0.25) is 0 Å². The summed E-state index contributed by atoms with van der Waals surface area (Å²) in [7, 11) is 4.62. The van der Waals surface area contributed by atoms with Crippen molar-refractivity contribution in [1.82, 2.24) is 5.32 Å². The molecule has 132 valence electrons. The maximum atomic E-state index is 12.0. The smallest absolute Gasteiger partial charge is 0.244 e. The van der Waals surface area contributed by atoms with Crippen molar-refractivity contribution in [1.29, 1.82) is 0 Å². The molecule has 1 amide bonds. The summed E-state index contributed by atoms with van der Waals surface area (Å²) in [6.45, 7) is 0.315. The second-order valence-electron chi connectivity index (χ2n) is 5.17. The summed E-state index contributed by atoms with van der Waals surface area (Å²) >= 11 is 0. The van der Waals surface area contributed by atoms with Crippen molar-refractivity contribution in [2.24, 2.45) is 0 Å². The van der Waals surface area contributed by atoms with E-state index >= 15 is 0 Å². The molecule has 0 unspecified atom stereocenters. The van der Waals surface area contributed by atoms with Crippen molar-refractivity contribution in [3.05, 3.63) is 53.6 Å². The number of rotatable bonds is 7. The third kappa shape index (κ3) is 4.91. The Hall–Kier alpha value is -3.15. The molecule has 0 radical (unpaired) electrons. The first-order chi connectivity index (χ1) is 12.1. The van der Waals surface area contributed by atoms with Gasteiger partial charge in [0.1, 0.15) is 11.5 Å². The fourth-order valence-corrected chi connectivity index (χ4v) is 2.22. The van der Waals surface area contributed by atoms with Crippen molar-refractivity contribution in [2.45, 2.75) is 6.54 Å². The van der Waals surface area contributed by atoms with E-state index in [2.05, 4.69) is 5.32 Å². The van der Waals surface area contributed by atoms with Crippen LogP contribution in [0.3, 0.4) is 0 Å². The monoisotopic (exact) mass is 343 g/mol. The van der Waals surface area contributed by atoms with Gasteiger partial charge in [0, 0.05) is 18.2 Å². The largest absolute Gasteiger partial charge is 0.504 e. The molecule has 0 fully saturated rings. The lowest BCUT2D eigenvalue weighted by molar-refractivity contribution is -0.116. The Kier molecular flexibility index (Phi) is 6.28. The van der Waals surface area contributed by atoms with Crippen molar-refractivity contribution in [2.75, 3.05) is 21.3 Å². The van der Waals surface area contributed by atoms with Crippen molar-refractivity contribution >= 4 is 12.0 Å².